The van der Waals surface area contributed by atoms with Gasteiger partial charge in [-0.2, -0.15) is 0 Å². The van der Waals surface area contributed by atoms with Gasteiger partial charge in [-0.25, -0.2) is 0 Å². The molecular weight excluding hydrogens is 322 g/mol. The van der Waals surface area contributed by atoms with Gasteiger partial charge in [0.25, 0.3) is 5.91 Å². The fourth-order valence-corrected chi connectivity index (χ4v) is 2.64. The van der Waals surface area contributed by atoms with E-state index >= 15 is 0 Å². The van der Waals surface area contributed by atoms with E-state index in [9.17, 15) is 4.79 Å². The smallest absolute Gasteiger partial charge is 0.278 e. The standard InChI is InChI=1S/C18H17N3O2S/c1-23-16-10-6-5-9-14(16)19-12-21-17(22)15(20-18(21)24)11-13-7-3-2-4-8-13/h2-11,19H,12H2,1H3,(H,20,24)/b15-11+. The highest BCUT2D eigenvalue weighted by Gasteiger charge is 2.30. The first kappa shape index (κ1) is 16.0. The third kappa shape index (κ3) is 3.38. The Labute approximate surface area is 145 Å². The monoisotopic (exact) mass is 339 g/mol. The van der Waals surface area contributed by atoms with Crippen molar-refractivity contribution in [3.63, 3.8) is 0 Å². The summed E-state index contributed by atoms with van der Waals surface area (Å²) in [4.78, 5) is 14.0. The first-order chi connectivity index (χ1) is 11.7. The molecule has 1 aliphatic heterocycles. The normalized spacial score (nSPS) is 15.5. The van der Waals surface area contributed by atoms with Crippen LogP contribution in [0.1, 0.15) is 5.56 Å². The number of carbonyl (C=O) groups excluding carboxylic acids is 1. The quantitative estimate of drug-likeness (QED) is 0.648. The van der Waals surface area contributed by atoms with Gasteiger partial charge < -0.3 is 15.4 Å². The van der Waals surface area contributed by atoms with Crippen molar-refractivity contribution in [2.24, 2.45) is 0 Å². The minimum absolute atomic E-state index is 0.161. The van der Waals surface area contributed by atoms with Gasteiger partial charge in [0.1, 0.15) is 11.4 Å². The van der Waals surface area contributed by atoms with Crippen LogP contribution in [-0.4, -0.2) is 29.7 Å². The average molecular weight is 339 g/mol. The van der Waals surface area contributed by atoms with E-state index in [1.54, 1.807) is 13.2 Å². The third-order valence-corrected chi connectivity index (χ3v) is 3.93. The van der Waals surface area contributed by atoms with Crippen LogP contribution in [0.25, 0.3) is 6.08 Å². The molecule has 3 rings (SSSR count). The van der Waals surface area contributed by atoms with Crippen molar-refractivity contribution in [1.82, 2.24) is 10.2 Å². The molecule has 1 amide bonds. The van der Waals surface area contributed by atoms with Crippen LogP contribution in [-0.2, 0) is 4.79 Å². The number of hydrogen-bond donors (Lipinski definition) is 2. The maximum Gasteiger partial charge on any atom is 0.278 e. The lowest BCUT2D eigenvalue weighted by molar-refractivity contribution is -0.122. The second-order valence-electron chi connectivity index (χ2n) is 5.17. The Morgan fingerprint density at radius 1 is 1.17 bits per heavy atom. The van der Waals surface area contributed by atoms with Crippen molar-refractivity contribution in [1.29, 1.82) is 0 Å². The van der Waals surface area contributed by atoms with E-state index in [4.69, 9.17) is 17.0 Å². The number of rotatable bonds is 5. The number of ether oxygens (including phenoxy) is 1. The highest BCUT2D eigenvalue weighted by molar-refractivity contribution is 7.80. The first-order valence-electron chi connectivity index (χ1n) is 7.45. The Balaban J connectivity index is 1.72. The SMILES string of the molecule is COc1ccccc1NCN1C(=O)/C(=C\c2ccccc2)NC1=S. The van der Waals surface area contributed by atoms with E-state index in [-0.39, 0.29) is 12.6 Å². The second kappa shape index (κ2) is 7.14. The molecule has 0 bridgehead atoms. The molecule has 1 fully saturated rings. The number of nitrogens with zero attached hydrogens (tertiary/aromatic N) is 1. The number of methoxy groups -OCH3 is 1. The predicted octanol–water partition coefficient (Wildman–Crippen LogP) is 2.82. The molecular formula is C18H17N3O2S. The van der Waals surface area contributed by atoms with Gasteiger partial charge in [-0.05, 0) is 36.0 Å². The first-order valence-corrected chi connectivity index (χ1v) is 7.86. The van der Waals surface area contributed by atoms with Crippen LogP contribution >= 0.6 is 12.2 Å². The van der Waals surface area contributed by atoms with Crippen LogP contribution in [0.5, 0.6) is 5.75 Å². The molecule has 1 aliphatic rings. The van der Waals surface area contributed by atoms with Gasteiger partial charge in [0.2, 0.25) is 0 Å². The van der Waals surface area contributed by atoms with Gasteiger partial charge in [0, 0.05) is 0 Å². The minimum atomic E-state index is -0.161. The molecule has 0 atom stereocenters. The van der Waals surface area contributed by atoms with Gasteiger partial charge in [-0.15, -0.1) is 0 Å². The van der Waals surface area contributed by atoms with Crippen molar-refractivity contribution in [2.75, 3.05) is 19.1 Å². The number of benzene rings is 2. The molecule has 0 aromatic heterocycles. The van der Waals surface area contributed by atoms with E-state index in [0.29, 0.717) is 16.6 Å². The molecule has 2 aromatic rings. The topological polar surface area (TPSA) is 53.6 Å². The van der Waals surface area contributed by atoms with Gasteiger partial charge in [-0.1, -0.05) is 42.5 Å². The van der Waals surface area contributed by atoms with Crippen LogP contribution in [0.4, 0.5) is 5.69 Å². The van der Waals surface area contributed by atoms with E-state index in [2.05, 4.69) is 10.6 Å². The molecule has 2 N–H and O–H groups in total. The van der Waals surface area contributed by atoms with Crippen molar-refractivity contribution in [2.45, 2.75) is 0 Å². The van der Waals surface area contributed by atoms with Crippen molar-refractivity contribution < 1.29 is 9.53 Å². The van der Waals surface area contributed by atoms with E-state index < -0.39 is 0 Å². The summed E-state index contributed by atoms with van der Waals surface area (Å²) in [6, 6.07) is 17.2. The summed E-state index contributed by atoms with van der Waals surface area (Å²) in [5, 5.41) is 6.52. The third-order valence-electron chi connectivity index (χ3n) is 3.61. The maximum absolute atomic E-state index is 12.5. The highest BCUT2D eigenvalue weighted by atomic mass is 32.1. The Morgan fingerprint density at radius 2 is 1.88 bits per heavy atom. The lowest BCUT2D eigenvalue weighted by Crippen LogP contribution is -2.35. The zero-order valence-electron chi connectivity index (χ0n) is 13.2. The lowest BCUT2D eigenvalue weighted by Gasteiger charge is -2.17. The Morgan fingerprint density at radius 3 is 2.62 bits per heavy atom. The van der Waals surface area contributed by atoms with Crippen molar-refractivity contribution in [3.05, 3.63) is 65.9 Å². The summed E-state index contributed by atoms with van der Waals surface area (Å²) < 4.78 is 5.29. The lowest BCUT2D eigenvalue weighted by atomic mass is 10.2. The fourth-order valence-electron chi connectivity index (χ4n) is 2.39. The molecule has 0 aliphatic carbocycles. The fraction of sp³-hybridized carbons (Fsp3) is 0.111. The Kier molecular flexibility index (Phi) is 4.77. The molecule has 1 heterocycles. The number of amides is 1. The molecule has 0 saturated carbocycles. The van der Waals surface area contributed by atoms with Crippen LogP contribution in [0.3, 0.4) is 0 Å². The molecule has 24 heavy (non-hydrogen) atoms. The highest BCUT2D eigenvalue weighted by Crippen LogP contribution is 2.23. The predicted molar refractivity (Wildman–Crippen MR) is 98.5 cm³/mol. The number of carbonyl (C=O) groups is 1. The van der Waals surface area contributed by atoms with Gasteiger partial charge >= 0.3 is 0 Å². The zero-order chi connectivity index (χ0) is 16.9. The van der Waals surface area contributed by atoms with E-state index in [0.717, 1.165) is 11.3 Å². The molecule has 0 radical (unpaired) electrons. The van der Waals surface area contributed by atoms with E-state index in [1.165, 1.54) is 4.90 Å². The molecule has 5 nitrogen and oxygen atoms in total. The summed E-state index contributed by atoms with van der Waals surface area (Å²) in [5.74, 6) is 0.550. The zero-order valence-corrected chi connectivity index (χ0v) is 14.0. The molecule has 122 valence electrons. The maximum atomic E-state index is 12.5. The van der Waals surface area contributed by atoms with Gasteiger partial charge in [-0.3, -0.25) is 9.69 Å². The molecule has 1 saturated heterocycles. The summed E-state index contributed by atoms with van der Waals surface area (Å²) in [7, 11) is 1.61. The van der Waals surface area contributed by atoms with Crippen LogP contribution in [0, 0.1) is 0 Å². The molecule has 0 spiro atoms. The van der Waals surface area contributed by atoms with Gasteiger partial charge in [0.05, 0.1) is 19.5 Å². The molecule has 2 aromatic carbocycles. The largest absolute Gasteiger partial charge is 0.495 e. The van der Waals surface area contributed by atoms with Crippen molar-refractivity contribution >= 4 is 35.0 Å². The summed E-state index contributed by atoms with van der Waals surface area (Å²) >= 11 is 5.27. The number of thiocarbonyl (C=S) groups is 1. The number of hydrogen-bond acceptors (Lipinski definition) is 4. The van der Waals surface area contributed by atoms with Crippen molar-refractivity contribution in [3.8, 4) is 5.75 Å². The Bertz CT molecular complexity index is 790. The van der Waals surface area contributed by atoms with Crippen LogP contribution < -0.4 is 15.4 Å². The van der Waals surface area contributed by atoms with Crippen LogP contribution in [0.15, 0.2) is 60.3 Å². The Hall–Kier alpha value is -2.86. The summed E-state index contributed by atoms with van der Waals surface area (Å²) in [6.45, 7) is 0.261. The number of anilines is 1. The van der Waals surface area contributed by atoms with E-state index in [1.807, 2.05) is 54.6 Å². The average Bonchev–Trinajstić information content (AvgIpc) is 2.87. The number of nitrogens with one attached hydrogen (secondary N) is 2. The van der Waals surface area contributed by atoms with Crippen LogP contribution in [0.2, 0.25) is 0 Å². The molecule has 0 unspecified atom stereocenters. The summed E-state index contributed by atoms with van der Waals surface area (Å²) in [5.41, 5.74) is 2.21. The number of para-hydroxylation sites is 2. The molecule has 6 heteroatoms. The minimum Gasteiger partial charge on any atom is -0.495 e. The second-order valence-corrected chi connectivity index (χ2v) is 5.55. The summed E-state index contributed by atoms with van der Waals surface area (Å²) in [6.07, 6.45) is 1.79. The van der Waals surface area contributed by atoms with Gasteiger partial charge in [0.15, 0.2) is 5.11 Å².